The summed E-state index contributed by atoms with van der Waals surface area (Å²) in [6.45, 7) is 1.94. The van der Waals surface area contributed by atoms with Crippen LogP contribution in [0.4, 0.5) is 5.69 Å². The Labute approximate surface area is 203 Å². The summed E-state index contributed by atoms with van der Waals surface area (Å²) in [5.41, 5.74) is 1.05. The standard InChI is InChI=1S/C25H27ClN2O6/c1-2-33-23(30)16-28(21-6-4-3-5-7-21)22(29)17-34-25(32)19-12-14-27(15-13-19)24(31)18-8-10-20(26)11-9-18/h3-11,19H,2,12-17H2,1H3. The van der Waals surface area contributed by atoms with Gasteiger partial charge in [0.15, 0.2) is 6.61 Å². The highest BCUT2D eigenvalue weighted by Crippen LogP contribution is 2.21. The molecule has 0 radical (unpaired) electrons. The van der Waals surface area contributed by atoms with Gasteiger partial charge in [0.05, 0.1) is 12.5 Å². The number of para-hydroxylation sites is 1. The molecule has 0 aromatic heterocycles. The summed E-state index contributed by atoms with van der Waals surface area (Å²) >= 11 is 5.87. The molecular weight excluding hydrogens is 460 g/mol. The Morgan fingerprint density at radius 3 is 2.24 bits per heavy atom. The van der Waals surface area contributed by atoms with Gasteiger partial charge in [-0.05, 0) is 56.2 Å². The van der Waals surface area contributed by atoms with Crippen LogP contribution in [0.5, 0.6) is 0 Å². The van der Waals surface area contributed by atoms with Gasteiger partial charge in [0.1, 0.15) is 6.54 Å². The van der Waals surface area contributed by atoms with Gasteiger partial charge < -0.3 is 14.4 Å². The fourth-order valence-electron chi connectivity index (χ4n) is 3.69. The molecule has 0 spiro atoms. The highest BCUT2D eigenvalue weighted by molar-refractivity contribution is 6.30. The van der Waals surface area contributed by atoms with Crippen molar-refractivity contribution >= 4 is 41.0 Å². The molecule has 1 heterocycles. The second-order valence-electron chi connectivity index (χ2n) is 7.80. The molecule has 0 N–H and O–H groups in total. The van der Waals surface area contributed by atoms with Crippen molar-refractivity contribution in [1.29, 1.82) is 0 Å². The normalized spacial score (nSPS) is 13.8. The maximum absolute atomic E-state index is 12.8. The Morgan fingerprint density at radius 1 is 0.971 bits per heavy atom. The zero-order valence-corrected chi connectivity index (χ0v) is 19.7. The Hall–Kier alpha value is -3.39. The number of hydrogen-bond donors (Lipinski definition) is 0. The first kappa shape index (κ1) is 25.2. The number of likely N-dealkylation sites (tertiary alicyclic amines) is 1. The molecular formula is C25H27ClN2O6. The second kappa shape index (κ2) is 12.2. The Bertz CT molecular complexity index is 1000. The van der Waals surface area contributed by atoms with Crippen molar-refractivity contribution < 1.29 is 28.7 Å². The third-order valence-corrected chi connectivity index (χ3v) is 5.76. The first-order valence-corrected chi connectivity index (χ1v) is 11.5. The molecule has 8 nitrogen and oxygen atoms in total. The van der Waals surface area contributed by atoms with Crippen LogP contribution in [0.25, 0.3) is 0 Å². The molecule has 9 heteroatoms. The van der Waals surface area contributed by atoms with Crippen LogP contribution in [0.15, 0.2) is 54.6 Å². The molecule has 34 heavy (non-hydrogen) atoms. The van der Waals surface area contributed by atoms with Crippen molar-refractivity contribution in [3.8, 4) is 0 Å². The summed E-state index contributed by atoms with van der Waals surface area (Å²) in [5.74, 6) is -2.09. The molecule has 0 unspecified atom stereocenters. The van der Waals surface area contributed by atoms with E-state index < -0.39 is 30.4 Å². The third kappa shape index (κ3) is 6.81. The van der Waals surface area contributed by atoms with Crippen molar-refractivity contribution in [2.24, 2.45) is 5.92 Å². The number of hydrogen-bond acceptors (Lipinski definition) is 6. The van der Waals surface area contributed by atoms with E-state index in [2.05, 4.69) is 0 Å². The van der Waals surface area contributed by atoms with E-state index >= 15 is 0 Å². The summed E-state index contributed by atoms with van der Waals surface area (Å²) in [7, 11) is 0. The Balaban J connectivity index is 1.52. The Kier molecular flexibility index (Phi) is 9.04. The maximum atomic E-state index is 12.8. The minimum atomic E-state index is -0.552. The van der Waals surface area contributed by atoms with Gasteiger partial charge in [-0.2, -0.15) is 0 Å². The summed E-state index contributed by atoms with van der Waals surface area (Å²) in [4.78, 5) is 52.8. The van der Waals surface area contributed by atoms with Crippen LogP contribution in [-0.2, 0) is 23.9 Å². The zero-order chi connectivity index (χ0) is 24.5. The quantitative estimate of drug-likeness (QED) is 0.531. The summed E-state index contributed by atoms with van der Waals surface area (Å²) in [5, 5.41) is 0.556. The molecule has 2 aromatic carbocycles. The molecule has 180 valence electrons. The van der Waals surface area contributed by atoms with Crippen molar-refractivity contribution in [3.05, 3.63) is 65.2 Å². The number of halogens is 1. The average Bonchev–Trinajstić information content (AvgIpc) is 2.86. The molecule has 0 atom stereocenters. The average molecular weight is 487 g/mol. The van der Waals surface area contributed by atoms with Gasteiger partial charge in [0.25, 0.3) is 11.8 Å². The number of benzene rings is 2. The van der Waals surface area contributed by atoms with Gasteiger partial charge >= 0.3 is 11.9 Å². The monoisotopic (exact) mass is 486 g/mol. The number of nitrogens with zero attached hydrogens (tertiary/aromatic N) is 2. The van der Waals surface area contributed by atoms with Crippen LogP contribution in [0, 0.1) is 5.92 Å². The van der Waals surface area contributed by atoms with Crippen LogP contribution in [0.1, 0.15) is 30.1 Å². The van der Waals surface area contributed by atoms with Crippen LogP contribution in [0.2, 0.25) is 5.02 Å². The summed E-state index contributed by atoms with van der Waals surface area (Å²) in [6.07, 6.45) is 0.884. The number of amides is 2. The molecule has 0 bridgehead atoms. The van der Waals surface area contributed by atoms with E-state index in [1.807, 2.05) is 0 Å². The van der Waals surface area contributed by atoms with Gasteiger partial charge in [-0.1, -0.05) is 29.8 Å². The highest BCUT2D eigenvalue weighted by atomic mass is 35.5. The summed E-state index contributed by atoms with van der Waals surface area (Å²) in [6, 6.07) is 15.3. The van der Waals surface area contributed by atoms with E-state index in [0.717, 1.165) is 0 Å². The molecule has 0 aliphatic carbocycles. The second-order valence-corrected chi connectivity index (χ2v) is 8.24. The number of carbonyl (C=O) groups is 4. The Morgan fingerprint density at radius 2 is 1.62 bits per heavy atom. The molecule has 1 fully saturated rings. The molecule has 2 amide bonds. The predicted octanol–water partition coefficient (Wildman–Crippen LogP) is 3.33. The highest BCUT2D eigenvalue weighted by Gasteiger charge is 2.30. The number of piperidine rings is 1. The van der Waals surface area contributed by atoms with Gasteiger partial charge in [0, 0.05) is 29.4 Å². The van der Waals surface area contributed by atoms with Crippen LogP contribution in [0.3, 0.4) is 0 Å². The van der Waals surface area contributed by atoms with Crippen molar-refractivity contribution in [2.45, 2.75) is 19.8 Å². The number of carbonyl (C=O) groups excluding carboxylic acids is 4. The zero-order valence-electron chi connectivity index (χ0n) is 18.9. The third-order valence-electron chi connectivity index (χ3n) is 5.51. The van der Waals surface area contributed by atoms with Gasteiger partial charge in [-0.25, -0.2) is 0 Å². The maximum Gasteiger partial charge on any atom is 0.326 e. The van der Waals surface area contributed by atoms with E-state index in [1.165, 1.54) is 4.90 Å². The molecule has 1 aliphatic heterocycles. The SMILES string of the molecule is CCOC(=O)CN(C(=O)COC(=O)C1CCN(C(=O)c2ccc(Cl)cc2)CC1)c1ccccc1. The van der Waals surface area contributed by atoms with E-state index in [4.69, 9.17) is 21.1 Å². The van der Waals surface area contributed by atoms with E-state index in [-0.39, 0.29) is 19.1 Å². The summed E-state index contributed by atoms with van der Waals surface area (Å²) < 4.78 is 10.2. The minimum Gasteiger partial charge on any atom is -0.465 e. The van der Waals surface area contributed by atoms with Gasteiger partial charge in [0.2, 0.25) is 0 Å². The van der Waals surface area contributed by atoms with E-state index in [1.54, 1.807) is 66.4 Å². The van der Waals surface area contributed by atoms with Crippen molar-refractivity contribution in [3.63, 3.8) is 0 Å². The first-order chi connectivity index (χ1) is 16.4. The lowest BCUT2D eigenvalue weighted by Crippen LogP contribution is -2.42. The minimum absolute atomic E-state index is 0.115. The lowest BCUT2D eigenvalue weighted by molar-refractivity contribution is -0.153. The lowest BCUT2D eigenvalue weighted by atomic mass is 9.96. The topological polar surface area (TPSA) is 93.2 Å². The molecule has 3 rings (SSSR count). The largest absolute Gasteiger partial charge is 0.465 e. The molecule has 2 aromatic rings. The number of rotatable bonds is 8. The van der Waals surface area contributed by atoms with E-state index in [0.29, 0.717) is 42.2 Å². The number of ether oxygens (including phenoxy) is 2. The predicted molar refractivity (Wildman–Crippen MR) is 126 cm³/mol. The van der Waals surface area contributed by atoms with Crippen molar-refractivity contribution in [2.75, 3.05) is 37.7 Å². The number of esters is 2. The first-order valence-electron chi connectivity index (χ1n) is 11.1. The smallest absolute Gasteiger partial charge is 0.326 e. The molecule has 1 aliphatic rings. The molecule has 0 saturated carbocycles. The van der Waals surface area contributed by atoms with Gasteiger partial charge in [-0.3, -0.25) is 24.1 Å². The van der Waals surface area contributed by atoms with Crippen LogP contribution < -0.4 is 4.90 Å². The van der Waals surface area contributed by atoms with Crippen LogP contribution >= 0.6 is 11.6 Å². The fraction of sp³-hybridized carbons (Fsp3) is 0.360. The lowest BCUT2D eigenvalue weighted by Gasteiger charge is -2.31. The van der Waals surface area contributed by atoms with Crippen molar-refractivity contribution in [1.82, 2.24) is 4.90 Å². The fourth-order valence-corrected chi connectivity index (χ4v) is 3.82. The molecule has 1 saturated heterocycles. The number of anilines is 1. The van der Waals surface area contributed by atoms with Crippen LogP contribution in [-0.4, -0.2) is 61.5 Å². The van der Waals surface area contributed by atoms with Gasteiger partial charge in [-0.15, -0.1) is 0 Å². The van der Waals surface area contributed by atoms with E-state index in [9.17, 15) is 19.2 Å².